The van der Waals surface area contributed by atoms with Crippen LogP contribution in [0.15, 0.2) is 5.16 Å². The maximum atomic E-state index is 11.8. The molecular formula is C11H19N5O3S. The number of thioether (sulfide) groups is 1. The van der Waals surface area contributed by atoms with Crippen molar-refractivity contribution in [3.05, 3.63) is 0 Å². The van der Waals surface area contributed by atoms with Crippen molar-refractivity contribution in [2.24, 2.45) is 0 Å². The minimum absolute atomic E-state index is 0.101. The second-order valence-corrected chi connectivity index (χ2v) is 5.58. The van der Waals surface area contributed by atoms with Gasteiger partial charge in [-0.1, -0.05) is 31.5 Å². The molecule has 0 aromatic carbocycles. The first-order valence-electron chi connectivity index (χ1n) is 6.47. The molecule has 1 amide bonds. The molecule has 2 N–H and O–H groups in total. The van der Waals surface area contributed by atoms with Crippen molar-refractivity contribution in [1.82, 2.24) is 25.5 Å². The highest BCUT2D eigenvalue weighted by molar-refractivity contribution is 8.00. The Kier molecular flexibility index (Phi) is 6.99. The predicted octanol–water partition coefficient (Wildman–Crippen LogP) is 0.545. The molecule has 1 aromatic rings. The lowest BCUT2D eigenvalue weighted by molar-refractivity contribution is -0.138. The van der Waals surface area contributed by atoms with Crippen molar-refractivity contribution in [2.45, 2.75) is 50.1 Å². The summed E-state index contributed by atoms with van der Waals surface area (Å²) >= 11 is 1.14. The number of aromatic nitrogens is 4. The molecule has 0 fully saturated rings. The van der Waals surface area contributed by atoms with Crippen LogP contribution in [0.2, 0.25) is 0 Å². The van der Waals surface area contributed by atoms with Gasteiger partial charge in [-0.15, -0.1) is 5.10 Å². The molecule has 0 radical (unpaired) electrons. The van der Waals surface area contributed by atoms with E-state index in [-0.39, 0.29) is 17.7 Å². The summed E-state index contributed by atoms with van der Waals surface area (Å²) in [6.07, 6.45) is 3.14. The van der Waals surface area contributed by atoms with Crippen LogP contribution in [0.1, 0.15) is 33.1 Å². The van der Waals surface area contributed by atoms with Crippen LogP contribution < -0.4 is 5.32 Å². The summed E-state index contributed by atoms with van der Waals surface area (Å²) in [7, 11) is 0. The van der Waals surface area contributed by atoms with Gasteiger partial charge in [0, 0.05) is 6.54 Å². The Morgan fingerprint density at radius 2 is 2.20 bits per heavy atom. The van der Waals surface area contributed by atoms with E-state index in [2.05, 4.69) is 27.8 Å². The number of hydrogen-bond acceptors (Lipinski definition) is 6. The van der Waals surface area contributed by atoms with Gasteiger partial charge in [0.15, 0.2) is 0 Å². The summed E-state index contributed by atoms with van der Waals surface area (Å²) in [5.41, 5.74) is 0. The minimum Gasteiger partial charge on any atom is -0.480 e. The van der Waals surface area contributed by atoms with Gasteiger partial charge < -0.3 is 10.4 Å². The van der Waals surface area contributed by atoms with Crippen molar-refractivity contribution >= 4 is 23.6 Å². The van der Waals surface area contributed by atoms with Crippen LogP contribution in [-0.2, 0) is 16.1 Å². The summed E-state index contributed by atoms with van der Waals surface area (Å²) in [4.78, 5) is 22.5. The molecule has 1 atom stereocenters. The van der Waals surface area contributed by atoms with Gasteiger partial charge in [0.1, 0.15) is 6.54 Å². The van der Waals surface area contributed by atoms with E-state index in [1.165, 1.54) is 0 Å². The van der Waals surface area contributed by atoms with Gasteiger partial charge >= 0.3 is 5.97 Å². The number of carbonyl (C=O) groups excluding carboxylic acids is 1. The van der Waals surface area contributed by atoms with E-state index in [0.29, 0.717) is 11.7 Å². The molecule has 20 heavy (non-hydrogen) atoms. The predicted molar refractivity (Wildman–Crippen MR) is 73.3 cm³/mol. The van der Waals surface area contributed by atoms with E-state index in [1.807, 2.05) is 0 Å². The third-order valence-corrected chi connectivity index (χ3v) is 3.59. The average Bonchev–Trinajstić information content (AvgIpc) is 2.81. The lowest BCUT2D eigenvalue weighted by atomic mass is 10.2. The number of carboxylic acid groups (broad SMARTS) is 1. The topological polar surface area (TPSA) is 110 Å². The first kappa shape index (κ1) is 16.4. The van der Waals surface area contributed by atoms with E-state index in [9.17, 15) is 9.59 Å². The fraction of sp³-hybridized carbons (Fsp3) is 0.727. The van der Waals surface area contributed by atoms with Crippen molar-refractivity contribution in [1.29, 1.82) is 0 Å². The van der Waals surface area contributed by atoms with E-state index in [4.69, 9.17) is 5.11 Å². The van der Waals surface area contributed by atoms with Crippen LogP contribution in [0.3, 0.4) is 0 Å². The van der Waals surface area contributed by atoms with Crippen molar-refractivity contribution < 1.29 is 14.7 Å². The van der Waals surface area contributed by atoms with Gasteiger partial charge in [-0.25, -0.2) is 4.68 Å². The Morgan fingerprint density at radius 1 is 1.45 bits per heavy atom. The molecule has 8 nitrogen and oxygen atoms in total. The van der Waals surface area contributed by atoms with Gasteiger partial charge in [0.05, 0.1) is 5.25 Å². The number of tetrazole rings is 1. The lowest BCUT2D eigenvalue weighted by Crippen LogP contribution is -2.32. The van der Waals surface area contributed by atoms with E-state index in [0.717, 1.165) is 35.7 Å². The maximum Gasteiger partial charge on any atom is 0.325 e. The van der Waals surface area contributed by atoms with Gasteiger partial charge in [-0.05, 0) is 23.8 Å². The fourth-order valence-corrected chi connectivity index (χ4v) is 2.26. The van der Waals surface area contributed by atoms with Gasteiger partial charge in [-0.2, -0.15) is 0 Å². The Bertz CT molecular complexity index is 451. The second kappa shape index (κ2) is 8.51. The number of carbonyl (C=O) groups is 2. The van der Waals surface area contributed by atoms with Gasteiger partial charge in [-0.3, -0.25) is 9.59 Å². The van der Waals surface area contributed by atoms with E-state index < -0.39 is 5.97 Å². The van der Waals surface area contributed by atoms with Crippen LogP contribution in [-0.4, -0.2) is 49.0 Å². The monoisotopic (exact) mass is 301 g/mol. The number of amides is 1. The number of unbranched alkanes of at least 4 members (excludes halogenated alkanes) is 2. The fourth-order valence-electron chi connectivity index (χ4n) is 1.45. The average molecular weight is 301 g/mol. The Morgan fingerprint density at radius 3 is 2.85 bits per heavy atom. The number of hydrogen-bond donors (Lipinski definition) is 2. The van der Waals surface area contributed by atoms with Crippen LogP contribution in [0.5, 0.6) is 0 Å². The largest absolute Gasteiger partial charge is 0.480 e. The molecule has 1 rings (SSSR count). The third kappa shape index (κ3) is 5.55. The normalized spacial score (nSPS) is 12.1. The van der Waals surface area contributed by atoms with Crippen LogP contribution in [0, 0.1) is 0 Å². The zero-order chi connectivity index (χ0) is 15.0. The second-order valence-electron chi connectivity index (χ2n) is 4.27. The number of carboxylic acids is 1. The smallest absolute Gasteiger partial charge is 0.325 e. The first-order valence-corrected chi connectivity index (χ1v) is 7.35. The SMILES string of the molecule is CCCCCNC(=O)C(C)Sc1nnnn1CC(=O)O. The number of rotatable bonds is 9. The molecule has 0 aliphatic carbocycles. The van der Waals surface area contributed by atoms with E-state index in [1.54, 1.807) is 6.92 Å². The molecule has 0 aliphatic heterocycles. The zero-order valence-corrected chi connectivity index (χ0v) is 12.4. The maximum absolute atomic E-state index is 11.8. The molecule has 1 heterocycles. The Hall–Kier alpha value is -1.64. The molecule has 1 unspecified atom stereocenters. The zero-order valence-electron chi connectivity index (χ0n) is 11.6. The number of nitrogens with zero attached hydrogens (tertiary/aromatic N) is 4. The molecule has 0 bridgehead atoms. The molecule has 1 aromatic heterocycles. The van der Waals surface area contributed by atoms with Crippen LogP contribution in [0.25, 0.3) is 0 Å². The summed E-state index contributed by atoms with van der Waals surface area (Å²) < 4.78 is 1.16. The molecule has 112 valence electrons. The van der Waals surface area contributed by atoms with Crippen molar-refractivity contribution in [3.63, 3.8) is 0 Å². The highest BCUT2D eigenvalue weighted by Crippen LogP contribution is 2.19. The first-order chi connectivity index (χ1) is 9.54. The third-order valence-electron chi connectivity index (χ3n) is 2.52. The highest BCUT2D eigenvalue weighted by atomic mass is 32.2. The number of aliphatic carboxylic acids is 1. The number of nitrogens with one attached hydrogen (secondary N) is 1. The van der Waals surface area contributed by atoms with Crippen LogP contribution in [0.4, 0.5) is 0 Å². The Labute approximate surface area is 121 Å². The minimum atomic E-state index is -1.03. The molecular weight excluding hydrogens is 282 g/mol. The van der Waals surface area contributed by atoms with E-state index >= 15 is 0 Å². The van der Waals surface area contributed by atoms with Crippen molar-refractivity contribution in [3.8, 4) is 0 Å². The van der Waals surface area contributed by atoms with Gasteiger partial charge in [0.2, 0.25) is 11.1 Å². The van der Waals surface area contributed by atoms with Crippen molar-refractivity contribution in [2.75, 3.05) is 6.54 Å². The molecule has 0 aliphatic rings. The quantitative estimate of drug-likeness (QED) is 0.506. The summed E-state index contributed by atoms with van der Waals surface area (Å²) in [5.74, 6) is -1.13. The molecule has 0 saturated heterocycles. The van der Waals surface area contributed by atoms with Crippen LogP contribution >= 0.6 is 11.8 Å². The Balaban J connectivity index is 2.45. The molecule has 0 spiro atoms. The summed E-state index contributed by atoms with van der Waals surface area (Å²) in [6.45, 7) is 4.17. The summed E-state index contributed by atoms with van der Waals surface area (Å²) in [6, 6.07) is 0. The summed E-state index contributed by atoms with van der Waals surface area (Å²) in [5, 5.41) is 22.2. The van der Waals surface area contributed by atoms with Gasteiger partial charge in [0.25, 0.3) is 0 Å². The lowest BCUT2D eigenvalue weighted by Gasteiger charge is -2.11. The molecule has 0 saturated carbocycles. The highest BCUT2D eigenvalue weighted by Gasteiger charge is 2.18. The standard InChI is InChI=1S/C11H19N5O3S/c1-3-4-5-6-12-10(19)8(2)20-11-13-14-15-16(11)7-9(17)18/h8H,3-7H2,1-2H3,(H,12,19)(H,17,18). The molecule has 9 heteroatoms.